The van der Waals surface area contributed by atoms with Gasteiger partial charge in [0.15, 0.2) is 0 Å². The molecule has 4 heterocycles. The lowest BCUT2D eigenvalue weighted by Crippen LogP contribution is -2.32. The number of ether oxygens (including phenoxy) is 2. The maximum absolute atomic E-state index is 12.2. The normalized spacial score (nSPS) is 18.6. The first kappa shape index (κ1) is 24.6. The second-order valence-corrected chi connectivity index (χ2v) is 7.68. The quantitative estimate of drug-likeness (QED) is 0.689. The summed E-state index contributed by atoms with van der Waals surface area (Å²) in [5.74, 6) is -2.28. The van der Waals surface area contributed by atoms with Crippen molar-refractivity contribution >= 4 is 11.9 Å². The number of carbonyl (C=O) groups is 2. The maximum atomic E-state index is 12.2. The van der Waals surface area contributed by atoms with Gasteiger partial charge in [-0.2, -0.15) is 18.3 Å². The van der Waals surface area contributed by atoms with E-state index in [9.17, 15) is 18.0 Å². The fourth-order valence-electron chi connectivity index (χ4n) is 3.56. The molecule has 2 N–H and O–H groups in total. The Balaban J connectivity index is 0.000000383. The third-order valence-corrected chi connectivity index (χ3v) is 5.27. The van der Waals surface area contributed by atoms with Crippen molar-refractivity contribution in [3.05, 3.63) is 47.5 Å². The first-order chi connectivity index (χ1) is 15.7. The van der Waals surface area contributed by atoms with Crippen LogP contribution in [0.2, 0.25) is 0 Å². The standard InChI is InChI=1S/C19H24N4O3.C2HF3O2/c24-19(15-2-1-6-20-10-15)21-11-17-18-16(5-9-26-17)13-23(22-18)12-14-3-7-25-8-4-14;3-2(4,5)1(6)7/h1-2,6,10,13-14,17H,3-5,7-9,11-12H2,(H,21,24);(H,6,7). The number of hydrogen-bond acceptors (Lipinski definition) is 6. The van der Waals surface area contributed by atoms with Gasteiger partial charge < -0.3 is 19.9 Å². The first-order valence-electron chi connectivity index (χ1n) is 10.5. The van der Waals surface area contributed by atoms with Gasteiger partial charge in [-0.15, -0.1) is 0 Å². The predicted molar refractivity (Wildman–Crippen MR) is 108 cm³/mol. The Morgan fingerprint density at radius 3 is 2.61 bits per heavy atom. The molecule has 2 aromatic heterocycles. The van der Waals surface area contributed by atoms with E-state index in [1.54, 1.807) is 24.5 Å². The monoisotopic (exact) mass is 470 g/mol. The van der Waals surface area contributed by atoms with Crippen molar-refractivity contribution < 1.29 is 37.3 Å². The molecule has 0 aromatic carbocycles. The van der Waals surface area contributed by atoms with E-state index in [1.807, 2.05) is 4.68 Å². The number of rotatable bonds is 5. The number of amides is 1. The molecule has 1 fully saturated rings. The minimum absolute atomic E-state index is 0.143. The number of fused-ring (bicyclic) bond motifs is 1. The Hall–Kier alpha value is -2.99. The number of nitrogens with one attached hydrogen (secondary N) is 1. The molecule has 0 aliphatic carbocycles. The van der Waals surface area contributed by atoms with Crippen LogP contribution in [-0.4, -0.2) is 64.3 Å². The highest BCUT2D eigenvalue weighted by Gasteiger charge is 2.38. The number of aromatic nitrogens is 3. The lowest BCUT2D eigenvalue weighted by Gasteiger charge is -2.22. The molecule has 0 spiro atoms. The molecule has 33 heavy (non-hydrogen) atoms. The molecular weight excluding hydrogens is 445 g/mol. The highest BCUT2D eigenvalue weighted by molar-refractivity contribution is 5.93. The lowest BCUT2D eigenvalue weighted by atomic mass is 10.0. The minimum atomic E-state index is -5.08. The van der Waals surface area contributed by atoms with Crippen molar-refractivity contribution in [1.82, 2.24) is 20.1 Å². The van der Waals surface area contributed by atoms with Crippen molar-refractivity contribution in [2.24, 2.45) is 5.92 Å². The summed E-state index contributed by atoms with van der Waals surface area (Å²) >= 11 is 0. The zero-order valence-corrected chi connectivity index (χ0v) is 17.8. The van der Waals surface area contributed by atoms with Crippen LogP contribution in [0.4, 0.5) is 13.2 Å². The van der Waals surface area contributed by atoms with E-state index < -0.39 is 12.1 Å². The van der Waals surface area contributed by atoms with Gasteiger partial charge in [0.2, 0.25) is 0 Å². The second kappa shape index (κ2) is 11.2. The number of carboxylic acid groups (broad SMARTS) is 1. The fourth-order valence-corrected chi connectivity index (χ4v) is 3.56. The number of aliphatic carboxylic acids is 1. The number of hydrogen-bond donors (Lipinski definition) is 2. The number of carbonyl (C=O) groups excluding carboxylic acids is 1. The van der Waals surface area contributed by atoms with Crippen molar-refractivity contribution in [2.45, 2.75) is 38.1 Å². The lowest BCUT2D eigenvalue weighted by molar-refractivity contribution is -0.192. The van der Waals surface area contributed by atoms with Gasteiger partial charge in [-0.1, -0.05) is 0 Å². The van der Waals surface area contributed by atoms with Gasteiger partial charge in [0, 0.05) is 44.9 Å². The molecule has 180 valence electrons. The molecule has 1 atom stereocenters. The molecule has 1 saturated heterocycles. The molecule has 2 aliphatic rings. The average Bonchev–Trinajstić information content (AvgIpc) is 3.21. The summed E-state index contributed by atoms with van der Waals surface area (Å²) < 4.78 is 45.1. The molecule has 0 saturated carbocycles. The van der Waals surface area contributed by atoms with Crippen molar-refractivity contribution in [3.8, 4) is 0 Å². The number of nitrogens with zero attached hydrogens (tertiary/aromatic N) is 3. The Kier molecular flexibility index (Phi) is 8.39. The van der Waals surface area contributed by atoms with Crippen LogP contribution in [-0.2, 0) is 27.2 Å². The van der Waals surface area contributed by atoms with Crippen LogP contribution >= 0.6 is 0 Å². The van der Waals surface area contributed by atoms with Crippen LogP contribution in [0.1, 0.15) is 40.6 Å². The Bertz CT molecular complexity index is 930. The molecule has 9 nitrogen and oxygen atoms in total. The molecule has 1 amide bonds. The van der Waals surface area contributed by atoms with Gasteiger partial charge >= 0.3 is 12.1 Å². The molecule has 12 heteroatoms. The minimum Gasteiger partial charge on any atom is -0.475 e. The third kappa shape index (κ3) is 7.26. The van der Waals surface area contributed by atoms with Crippen LogP contribution in [0.15, 0.2) is 30.7 Å². The van der Waals surface area contributed by atoms with Crippen molar-refractivity contribution in [1.29, 1.82) is 0 Å². The average molecular weight is 470 g/mol. The van der Waals surface area contributed by atoms with Gasteiger partial charge in [-0.25, -0.2) is 4.79 Å². The van der Waals surface area contributed by atoms with E-state index in [4.69, 9.17) is 24.5 Å². The first-order valence-corrected chi connectivity index (χ1v) is 10.5. The second-order valence-electron chi connectivity index (χ2n) is 7.68. The van der Waals surface area contributed by atoms with Crippen LogP contribution in [0, 0.1) is 5.92 Å². The number of alkyl halides is 3. The topological polar surface area (TPSA) is 116 Å². The number of pyridine rings is 1. The summed E-state index contributed by atoms with van der Waals surface area (Å²) in [4.78, 5) is 25.1. The summed E-state index contributed by atoms with van der Waals surface area (Å²) in [6.07, 6.45) is 3.12. The van der Waals surface area contributed by atoms with Crippen LogP contribution < -0.4 is 5.32 Å². The molecule has 0 radical (unpaired) electrons. The zero-order valence-electron chi connectivity index (χ0n) is 17.8. The molecular formula is C21H25F3N4O5. The maximum Gasteiger partial charge on any atom is 0.490 e. The van der Waals surface area contributed by atoms with Gasteiger partial charge in [-0.3, -0.25) is 14.5 Å². The van der Waals surface area contributed by atoms with Crippen molar-refractivity contribution in [3.63, 3.8) is 0 Å². The highest BCUT2D eigenvalue weighted by Crippen LogP contribution is 2.26. The zero-order chi connectivity index (χ0) is 23.8. The van der Waals surface area contributed by atoms with Gasteiger partial charge in [-0.05, 0) is 42.9 Å². The van der Waals surface area contributed by atoms with E-state index in [-0.39, 0.29) is 12.0 Å². The van der Waals surface area contributed by atoms with E-state index in [0.29, 0.717) is 24.6 Å². The number of carboxylic acids is 1. The van der Waals surface area contributed by atoms with E-state index in [2.05, 4.69) is 16.5 Å². The van der Waals surface area contributed by atoms with Gasteiger partial charge in [0.25, 0.3) is 5.91 Å². The molecule has 4 rings (SSSR count). The predicted octanol–water partition coefficient (Wildman–Crippen LogP) is 2.38. The summed E-state index contributed by atoms with van der Waals surface area (Å²) in [6.45, 7) is 3.68. The summed E-state index contributed by atoms with van der Waals surface area (Å²) in [7, 11) is 0. The smallest absolute Gasteiger partial charge is 0.475 e. The van der Waals surface area contributed by atoms with Crippen LogP contribution in [0.3, 0.4) is 0 Å². The SMILES string of the molecule is O=C(NCC1OCCc2cn(CC3CCOCC3)nc21)c1cccnc1.O=C(O)C(F)(F)F. The summed E-state index contributed by atoms with van der Waals surface area (Å²) in [5, 5.41) is 14.8. The van der Waals surface area contributed by atoms with E-state index >= 15 is 0 Å². The highest BCUT2D eigenvalue weighted by atomic mass is 19.4. The van der Waals surface area contributed by atoms with Gasteiger partial charge in [0.05, 0.1) is 17.9 Å². The Labute approximate surface area is 187 Å². The molecule has 1 unspecified atom stereocenters. The molecule has 0 bridgehead atoms. The van der Waals surface area contributed by atoms with E-state index in [0.717, 1.165) is 44.7 Å². The largest absolute Gasteiger partial charge is 0.490 e. The van der Waals surface area contributed by atoms with Crippen molar-refractivity contribution in [2.75, 3.05) is 26.4 Å². The fraction of sp³-hybridized carbons (Fsp3) is 0.524. The van der Waals surface area contributed by atoms with Gasteiger partial charge in [0.1, 0.15) is 6.10 Å². The number of halogens is 3. The molecule has 2 aromatic rings. The summed E-state index contributed by atoms with van der Waals surface area (Å²) in [5.41, 5.74) is 2.73. The molecule has 2 aliphatic heterocycles. The van der Waals surface area contributed by atoms with E-state index in [1.165, 1.54) is 5.56 Å². The van der Waals surface area contributed by atoms with Crippen LogP contribution in [0.25, 0.3) is 0 Å². The Morgan fingerprint density at radius 1 is 1.24 bits per heavy atom. The third-order valence-electron chi connectivity index (χ3n) is 5.27. The summed E-state index contributed by atoms with van der Waals surface area (Å²) in [6, 6.07) is 3.50. The Morgan fingerprint density at radius 2 is 1.97 bits per heavy atom. The van der Waals surface area contributed by atoms with Crippen LogP contribution in [0.5, 0.6) is 0 Å².